The molecule has 3 heterocycles. The second-order valence-electron chi connectivity index (χ2n) is 6.79. The molecule has 0 aliphatic carbocycles. The van der Waals surface area contributed by atoms with Gasteiger partial charge in [-0.05, 0) is 30.7 Å². The summed E-state index contributed by atoms with van der Waals surface area (Å²) in [5.41, 5.74) is 1.45. The molecule has 1 atom stereocenters. The van der Waals surface area contributed by atoms with Crippen molar-refractivity contribution in [3.63, 3.8) is 0 Å². The van der Waals surface area contributed by atoms with E-state index < -0.39 is 6.04 Å². The van der Waals surface area contributed by atoms with Crippen molar-refractivity contribution in [1.29, 1.82) is 0 Å². The Morgan fingerprint density at radius 2 is 1.78 bits per heavy atom. The second kappa shape index (κ2) is 7.25. The number of hydrogen-bond acceptors (Lipinski definition) is 6. The summed E-state index contributed by atoms with van der Waals surface area (Å²) in [6, 6.07) is 6.64. The second-order valence-corrected chi connectivity index (χ2v) is 7.20. The van der Waals surface area contributed by atoms with Crippen LogP contribution in [0.25, 0.3) is 0 Å². The maximum Gasteiger partial charge on any atom is 0.251 e. The van der Waals surface area contributed by atoms with Gasteiger partial charge in [0, 0.05) is 43.6 Å². The number of imide groups is 1. The van der Waals surface area contributed by atoms with Crippen LogP contribution in [0.2, 0.25) is 5.02 Å². The summed E-state index contributed by atoms with van der Waals surface area (Å²) < 4.78 is 0. The molecule has 7 nitrogen and oxygen atoms in total. The number of aromatic nitrogens is 2. The fourth-order valence-corrected chi connectivity index (χ4v) is 3.76. The fraction of sp³-hybridized carbons (Fsp3) is 0.368. The van der Waals surface area contributed by atoms with Crippen LogP contribution in [0, 0.1) is 6.92 Å². The molecule has 2 aliphatic rings. The largest absolute Gasteiger partial charge is 0.338 e. The number of aryl methyl sites for hydroxylation is 1. The number of hydrogen-bond donors (Lipinski definition) is 0. The number of benzene rings is 1. The number of piperazine rings is 1. The number of carbonyl (C=O) groups is 2. The van der Waals surface area contributed by atoms with Gasteiger partial charge in [0.05, 0.1) is 18.2 Å². The third-order valence-electron chi connectivity index (χ3n) is 5.13. The molecule has 2 amide bonds. The van der Waals surface area contributed by atoms with Crippen molar-refractivity contribution in [3.8, 4) is 0 Å². The van der Waals surface area contributed by atoms with Crippen LogP contribution in [0.4, 0.5) is 11.6 Å². The van der Waals surface area contributed by atoms with Gasteiger partial charge in [-0.15, -0.1) is 0 Å². The van der Waals surface area contributed by atoms with E-state index >= 15 is 0 Å². The topological polar surface area (TPSA) is 69.6 Å². The molecule has 4 rings (SSSR count). The molecule has 27 heavy (non-hydrogen) atoms. The van der Waals surface area contributed by atoms with Crippen LogP contribution in [0.1, 0.15) is 12.0 Å². The van der Waals surface area contributed by atoms with E-state index in [1.54, 1.807) is 30.6 Å². The van der Waals surface area contributed by atoms with Crippen LogP contribution < -0.4 is 9.80 Å². The monoisotopic (exact) mass is 385 g/mol. The van der Waals surface area contributed by atoms with E-state index in [0.717, 1.165) is 18.7 Å². The van der Waals surface area contributed by atoms with Gasteiger partial charge in [0.15, 0.2) is 0 Å². The van der Waals surface area contributed by atoms with Gasteiger partial charge in [-0.1, -0.05) is 17.7 Å². The van der Waals surface area contributed by atoms with Gasteiger partial charge >= 0.3 is 0 Å². The Bertz CT molecular complexity index is 868. The molecule has 0 spiro atoms. The average molecular weight is 386 g/mol. The lowest BCUT2D eigenvalue weighted by molar-refractivity contribution is -0.123. The maximum atomic E-state index is 12.9. The average Bonchev–Trinajstić information content (AvgIpc) is 2.99. The molecule has 1 aromatic heterocycles. The Kier molecular flexibility index (Phi) is 4.80. The molecule has 8 heteroatoms. The SMILES string of the molecule is Cc1ccc(N2C(=O)CC(N3CCN(c4ncccn4)CC3)C2=O)cc1Cl. The fourth-order valence-electron chi connectivity index (χ4n) is 3.58. The van der Waals surface area contributed by atoms with Crippen LogP contribution in [-0.2, 0) is 9.59 Å². The Balaban J connectivity index is 1.45. The lowest BCUT2D eigenvalue weighted by Gasteiger charge is -2.36. The highest BCUT2D eigenvalue weighted by Crippen LogP contribution is 2.29. The van der Waals surface area contributed by atoms with Gasteiger partial charge in [0.2, 0.25) is 11.9 Å². The van der Waals surface area contributed by atoms with Crippen molar-refractivity contribution in [2.75, 3.05) is 36.0 Å². The smallest absolute Gasteiger partial charge is 0.251 e. The Morgan fingerprint density at radius 1 is 1.07 bits per heavy atom. The number of anilines is 2. The Labute approximate surface area is 162 Å². The molecule has 0 saturated carbocycles. The summed E-state index contributed by atoms with van der Waals surface area (Å²) in [5.74, 6) is 0.338. The molecule has 2 saturated heterocycles. The predicted octanol–water partition coefficient (Wildman–Crippen LogP) is 1.89. The molecule has 1 aromatic carbocycles. The van der Waals surface area contributed by atoms with E-state index in [-0.39, 0.29) is 18.2 Å². The first-order valence-electron chi connectivity index (χ1n) is 8.93. The molecule has 2 fully saturated rings. The zero-order valence-electron chi connectivity index (χ0n) is 15.0. The van der Waals surface area contributed by atoms with Gasteiger partial charge < -0.3 is 4.90 Å². The quantitative estimate of drug-likeness (QED) is 0.751. The number of carbonyl (C=O) groups excluding carboxylic acids is 2. The first kappa shape index (κ1) is 17.9. The summed E-state index contributed by atoms with van der Waals surface area (Å²) in [6.07, 6.45) is 3.64. The summed E-state index contributed by atoms with van der Waals surface area (Å²) >= 11 is 6.17. The summed E-state index contributed by atoms with van der Waals surface area (Å²) in [4.78, 5) is 39.5. The lowest BCUT2D eigenvalue weighted by atomic mass is 10.1. The third kappa shape index (κ3) is 3.40. The number of amides is 2. The molecular formula is C19H20ClN5O2. The number of rotatable bonds is 3. The summed E-state index contributed by atoms with van der Waals surface area (Å²) in [7, 11) is 0. The molecule has 0 N–H and O–H groups in total. The molecule has 2 aromatic rings. The van der Waals surface area contributed by atoms with Crippen LogP contribution in [0.3, 0.4) is 0 Å². The van der Waals surface area contributed by atoms with E-state index in [1.165, 1.54) is 4.90 Å². The Hall–Kier alpha value is -2.51. The highest BCUT2D eigenvalue weighted by atomic mass is 35.5. The molecule has 0 bridgehead atoms. The normalized spacial score (nSPS) is 21.2. The minimum Gasteiger partial charge on any atom is -0.338 e. The highest BCUT2D eigenvalue weighted by molar-refractivity contribution is 6.32. The number of halogens is 1. The van der Waals surface area contributed by atoms with Crippen LogP contribution in [0.15, 0.2) is 36.7 Å². The van der Waals surface area contributed by atoms with Crippen LogP contribution in [0.5, 0.6) is 0 Å². The van der Waals surface area contributed by atoms with Crippen molar-refractivity contribution in [2.24, 2.45) is 0 Å². The van der Waals surface area contributed by atoms with Gasteiger partial charge in [-0.3, -0.25) is 14.5 Å². The van der Waals surface area contributed by atoms with Gasteiger partial charge in [-0.2, -0.15) is 0 Å². The predicted molar refractivity (Wildman–Crippen MR) is 103 cm³/mol. The standard InChI is InChI=1S/C19H20ClN5O2/c1-13-3-4-14(11-15(13)20)25-17(26)12-16(18(25)27)23-7-9-24(10-8-23)19-21-5-2-6-22-19/h2-6,11,16H,7-10,12H2,1H3. The number of nitrogens with zero attached hydrogens (tertiary/aromatic N) is 5. The lowest BCUT2D eigenvalue weighted by Crippen LogP contribution is -2.53. The van der Waals surface area contributed by atoms with Crippen molar-refractivity contribution in [2.45, 2.75) is 19.4 Å². The molecule has 0 radical (unpaired) electrons. The Morgan fingerprint density at radius 3 is 2.44 bits per heavy atom. The van der Waals surface area contributed by atoms with Gasteiger partial charge in [-0.25, -0.2) is 14.9 Å². The molecule has 140 valence electrons. The van der Waals surface area contributed by atoms with Crippen LogP contribution in [-0.4, -0.2) is 58.9 Å². The summed E-state index contributed by atoms with van der Waals surface area (Å²) in [5, 5.41) is 0.549. The zero-order valence-corrected chi connectivity index (χ0v) is 15.8. The van der Waals surface area contributed by atoms with E-state index in [0.29, 0.717) is 29.7 Å². The molecular weight excluding hydrogens is 366 g/mol. The first-order valence-corrected chi connectivity index (χ1v) is 9.31. The zero-order chi connectivity index (χ0) is 19.0. The van der Waals surface area contributed by atoms with E-state index in [9.17, 15) is 9.59 Å². The van der Waals surface area contributed by atoms with Crippen molar-refractivity contribution >= 4 is 35.1 Å². The van der Waals surface area contributed by atoms with Crippen molar-refractivity contribution in [1.82, 2.24) is 14.9 Å². The van der Waals surface area contributed by atoms with Gasteiger partial charge in [0.25, 0.3) is 5.91 Å². The van der Waals surface area contributed by atoms with Crippen LogP contribution >= 0.6 is 11.6 Å². The third-order valence-corrected chi connectivity index (χ3v) is 5.53. The highest BCUT2D eigenvalue weighted by Gasteiger charge is 2.43. The summed E-state index contributed by atoms with van der Waals surface area (Å²) in [6.45, 7) is 4.70. The van der Waals surface area contributed by atoms with Crippen molar-refractivity contribution in [3.05, 3.63) is 47.2 Å². The van der Waals surface area contributed by atoms with E-state index in [2.05, 4.69) is 19.8 Å². The minimum atomic E-state index is -0.420. The molecule has 2 aliphatic heterocycles. The van der Waals surface area contributed by atoms with Gasteiger partial charge in [0.1, 0.15) is 0 Å². The minimum absolute atomic E-state index is 0.177. The molecule has 1 unspecified atom stereocenters. The first-order chi connectivity index (χ1) is 13.0. The maximum absolute atomic E-state index is 12.9. The van der Waals surface area contributed by atoms with E-state index in [4.69, 9.17) is 11.6 Å². The van der Waals surface area contributed by atoms with Crippen molar-refractivity contribution < 1.29 is 9.59 Å². The van der Waals surface area contributed by atoms with E-state index in [1.807, 2.05) is 13.0 Å².